The lowest BCUT2D eigenvalue weighted by Crippen LogP contribution is -2.57. The Morgan fingerprint density at radius 2 is 1.50 bits per heavy atom. The van der Waals surface area contributed by atoms with Crippen molar-refractivity contribution in [3.63, 3.8) is 0 Å². The zero-order valence-electron chi connectivity index (χ0n) is 35.0. The number of amides is 5. The van der Waals surface area contributed by atoms with Gasteiger partial charge in [0.15, 0.2) is 0 Å². The molecule has 12 heteroatoms. The first-order valence-electron chi connectivity index (χ1n) is 20.5. The molecular formula is C44H66N6O6. The molecule has 1 aliphatic carbocycles. The fraction of sp³-hybridized carbons (Fsp3) is 0.614. The van der Waals surface area contributed by atoms with Crippen molar-refractivity contribution in [3.05, 3.63) is 60.0 Å². The van der Waals surface area contributed by atoms with Crippen LogP contribution in [0.15, 0.2) is 54.4 Å². The van der Waals surface area contributed by atoms with Crippen LogP contribution >= 0.6 is 0 Å². The third kappa shape index (κ3) is 12.0. The fourth-order valence-electron chi connectivity index (χ4n) is 8.32. The Balaban J connectivity index is 1.54. The smallest absolute Gasteiger partial charge is 0.257 e. The summed E-state index contributed by atoms with van der Waals surface area (Å²) in [6.07, 6.45) is 13.6. The second-order valence-corrected chi connectivity index (χ2v) is 17.1. The Morgan fingerprint density at radius 3 is 2.09 bits per heavy atom. The van der Waals surface area contributed by atoms with Crippen LogP contribution in [0, 0.1) is 23.7 Å². The Kier molecular flexibility index (Phi) is 16.3. The minimum absolute atomic E-state index is 0.0283. The Morgan fingerprint density at radius 1 is 0.893 bits per heavy atom. The summed E-state index contributed by atoms with van der Waals surface area (Å²) < 4.78 is 5.59. The van der Waals surface area contributed by atoms with E-state index in [2.05, 4.69) is 20.9 Å². The third-order valence-corrected chi connectivity index (χ3v) is 11.0. The molecule has 0 bridgehead atoms. The molecular weight excluding hydrogens is 709 g/mol. The molecule has 1 aliphatic heterocycles. The van der Waals surface area contributed by atoms with Crippen molar-refractivity contribution in [2.24, 2.45) is 23.7 Å². The minimum Gasteiger partial charge on any atom is -0.499 e. The number of aromatic amines is 1. The number of nitrogens with zero attached hydrogens (tertiary/aromatic N) is 2. The van der Waals surface area contributed by atoms with E-state index < -0.39 is 47.9 Å². The maximum atomic E-state index is 14.2. The van der Waals surface area contributed by atoms with E-state index in [4.69, 9.17) is 4.74 Å². The zero-order chi connectivity index (χ0) is 41.1. The standard InChI is InChI=1S/C44H66N6O6/c1-27(2)21-35(47-43(54)36(22-28(3)4)48-44(55)41(29(5)6)49(7)8)42(53)46-32(23-30-15-11-10-12-16-30)19-20-39(51)50-37(38(56-9)25-40(50)52)24-31-26-45-34-18-14-13-17-33(31)34/h13-14,17-20,25-30,32,35-37,41,45H,10-12,15-16,21-24H2,1-9H3,(H,46,53)(H,47,54)(H,48,55)/t32-,35+,36+,37+,41+/m1/s1. The highest BCUT2D eigenvalue weighted by Gasteiger charge is 2.38. The molecule has 308 valence electrons. The number of rotatable bonds is 19. The van der Waals surface area contributed by atoms with E-state index in [1.54, 1.807) is 6.08 Å². The van der Waals surface area contributed by atoms with Gasteiger partial charge in [-0.3, -0.25) is 33.8 Å². The topological polar surface area (TPSA) is 153 Å². The van der Waals surface area contributed by atoms with Gasteiger partial charge in [0.1, 0.15) is 23.9 Å². The molecule has 1 saturated carbocycles. The quantitative estimate of drug-likeness (QED) is 0.135. The molecule has 1 aromatic heterocycles. The maximum Gasteiger partial charge on any atom is 0.257 e. The van der Waals surface area contributed by atoms with Gasteiger partial charge < -0.3 is 25.7 Å². The van der Waals surface area contributed by atoms with Gasteiger partial charge in [-0.25, -0.2) is 0 Å². The van der Waals surface area contributed by atoms with Gasteiger partial charge in [0.2, 0.25) is 17.7 Å². The van der Waals surface area contributed by atoms with Gasteiger partial charge in [-0.2, -0.15) is 0 Å². The van der Waals surface area contributed by atoms with E-state index in [1.807, 2.05) is 91.0 Å². The summed E-state index contributed by atoms with van der Waals surface area (Å²) in [5, 5.41) is 10.1. The number of methoxy groups -OCH3 is 1. The number of aromatic nitrogens is 1. The Bertz CT molecular complexity index is 1710. The molecule has 56 heavy (non-hydrogen) atoms. The van der Waals surface area contributed by atoms with E-state index in [0.29, 0.717) is 37.4 Å². The van der Waals surface area contributed by atoms with Gasteiger partial charge in [0.05, 0.1) is 13.2 Å². The highest BCUT2D eigenvalue weighted by atomic mass is 16.5. The van der Waals surface area contributed by atoms with Crippen molar-refractivity contribution in [1.29, 1.82) is 0 Å². The summed E-state index contributed by atoms with van der Waals surface area (Å²) in [5.74, 6) is -0.957. The third-order valence-electron chi connectivity index (χ3n) is 11.0. The number of para-hydroxylation sites is 1. The minimum atomic E-state index is -0.865. The number of nitrogens with one attached hydrogen (secondary N) is 4. The lowest BCUT2D eigenvalue weighted by molar-refractivity contribution is -0.139. The summed E-state index contributed by atoms with van der Waals surface area (Å²) in [7, 11) is 5.19. The monoisotopic (exact) mass is 775 g/mol. The molecule has 12 nitrogen and oxygen atoms in total. The van der Waals surface area contributed by atoms with E-state index in [0.717, 1.165) is 42.1 Å². The summed E-state index contributed by atoms with van der Waals surface area (Å²) >= 11 is 0. The van der Waals surface area contributed by atoms with Gasteiger partial charge >= 0.3 is 0 Å². The molecule has 0 saturated heterocycles. The zero-order valence-corrected chi connectivity index (χ0v) is 35.0. The number of H-pyrrole nitrogens is 1. The molecule has 0 radical (unpaired) electrons. The fourth-order valence-corrected chi connectivity index (χ4v) is 8.32. The van der Waals surface area contributed by atoms with Crippen LogP contribution in [0.5, 0.6) is 0 Å². The van der Waals surface area contributed by atoms with Gasteiger partial charge in [0.25, 0.3) is 11.8 Å². The molecule has 2 heterocycles. The SMILES string of the molecule is COC1=CC(=O)N(C(=O)C=C[C@H](CC2CCCCC2)NC(=O)[C@H](CC(C)C)NC(=O)[C@H](CC(C)C)NC(=O)[C@H](C(C)C)N(C)C)[C@H]1Cc1c[nH]c2ccccc12. The van der Waals surface area contributed by atoms with E-state index in [9.17, 15) is 24.0 Å². The van der Waals surface area contributed by atoms with Crippen molar-refractivity contribution < 1.29 is 28.7 Å². The molecule has 0 unspecified atom stereocenters. The molecule has 1 aromatic carbocycles. The average molecular weight is 775 g/mol. The summed E-state index contributed by atoms with van der Waals surface area (Å²) in [6, 6.07) is 4.63. The normalized spacial score (nSPS) is 18.8. The van der Waals surface area contributed by atoms with Gasteiger partial charge in [-0.15, -0.1) is 0 Å². The molecule has 0 spiro atoms. The van der Waals surface area contributed by atoms with Crippen LogP contribution in [0.4, 0.5) is 0 Å². The Hall–Kier alpha value is -4.45. The van der Waals surface area contributed by atoms with Crippen LogP contribution in [0.2, 0.25) is 0 Å². The predicted molar refractivity (Wildman–Crippen MR) is 220 cm³/mol. The molecule has 2 aromatic rings. The number of imide groups is 1. The van der Waals surface area contributed by atoms with Gasteiger partial charge in [0, 0.05) is 41.7 Å². The van der Waals surface area contributed by atoms with Crippen LogP contribution in [-0.2, 0) is 35.1 Å². The molecule has 1 fully saturated rings. The number of hydrogen-bond donors (Lipinski definition) is 4. The maximum absolute atomic E-state index is 14.2. The van der Waals surface area contributed by atoms with Crippen molar-refractivity contribution in [2.45, 2.75) is 130 Å². The summed E-state index contributed by atoms with van der Waals surface area (Å²) in [4.78, 5) is 75.0. The first-order chi connectivity index (χ1) is 26.6. The molecule has 4 N–H and O–H groups in total. The van der Waals surface area contributed by atoms with E-state index in [1.165, 1.54) is 30.6 Å². The lowest BCUT2D eigenvalue weighted by atomic mass is 9.84. The van der Waals surface area contributed by atoms with Crippen LogP contribution in [0.3, 0.4) is 0 Å². The number of carbonyl (C=O) groups is 5. The van der Waals surface area contributed by atoms with E-state index in [-0.39, 0.29) is 29.6 Å². The number of hydrogen-bond acceptors (Lipinski definition) is 7. The van der Waals surface area contributed by atoms with Crippen molar-refractivity contribution in [3.8, 4) is 0 Å². The Labute approximate surface area is 333 Å². The molecule has 5 amide bonds. The van der Waals surface area contributed by atoms with Crippen molar-refractivity contribution in [2.75, 3.05) is 21.2 Å². The number of carbonyl (C=O) groups excluding carboxylic acids is 5. The molecule has 2 aliphatic rings. The second kappa shape index (κ2) is 20.6. The molecule has 5 atom stereocenters. The van der Waals surface area contributed by atoms with E-state index >= 15 is 0 Å². The van der Waals surface area contributed by atoms with Crippen LogP contribution in [0.1, 0.15) is 98.5 Å². The highest BCUT2D eigenvalue weighted by Crippen LogP contribution is 2.30. The first-order valence-corrected chi connectivity index (χ1v) is 20.5. The summed E-state index contributed by atoms with van der Waals surface area (Å²) in [6.45, 7) is 11.9. The van der Waals surface area contributed by atoms with Crippen LogP contribution < -0.4 is 16.0 Å². The lowest BCUT2D eigenvalue weighted by Gasteiger charge is -2.31. The van der Waals surface area contributed by atoms with Crippen molar-refractivity contribution in [1.82, 2.24) is 30.7 Å². The number of ether oxygens (including phenoxy) is 1. The van der Waals surface area contributed by atoms with Crippen LogP contribution in [0.25, 0.3) is 10.9 Å². The largest absolute Gasteiger partial charge is 0.499 e. The first kappa shape index (κ1) is 44.3. The number of likely N-dealkylation sites (N-methyl/N-ethyl adjacent to an activating group) is 1. The highest BCUT2D eigenvalue weighted by molar-refractivity contribution is 6.08. The molecule has 4 rings (SSSR count). The van der Waals surface area contributed by atoms with Crippen LogP contribution in [-0.4, -0.2) is 95.7 Å². The van der Waals surface area contributed by atoms with Crippen molar-refractivity contribution >= 4 is 40.4 Å². The van der Waals surface area contributed by atoms with Gasteiger partial charge in [-0.1, -0.05) is 97.9 Å². The number of fused-ring (bicyclic) bond motifs is 1. The van der Waals surface area contributed by atoms with Gasteiger partial charge in [-0.05, 0) is 68.7 Å². The number of benzene rings is 1. The average Bonchev–Trinajstić information content (AvgIpc) is 3.69. The second-order valence-electron chi connectivity index (χ2n) is 17.1. The predicted octanol–water partition coefficient (Wildman–Crippen LogP) is 5.64. The summed E-state index contributed by atoms with van der Waals surface area (Å²) in [5.41, 5.74) is 1.92.